The minimum Gasteiger partial charge on any atom is -0.322 e. The highest BCUT2D eigenvalue weighted by Gasteiger charge is 2.19. The van der Waals surface area contributed by atoms with Crippen LogP contribution < -0.4 is 10.0 Å². The van der Waals surface area contributed by atoms with Gasteiger partial charge >= 0.3 is 0 Å². The lowest BCUT2D eigenvalue weighted by molar-refractivity contribution is 0.102. The molecule has 0 spiro atoms. The van der Waals surface area contributed by atoms with Crippen molar-refractivity contribution in [1.82, 2.24) is 4.72 Å². The molecule has 24 heavy (non-hydrogen) atoms. The first-order chi connectivity index (χ1) is 11.2. The third-order valence-corrected chi connectivity index (χ3v) is 5.18. The number of aryl methyl sites for hydroxylation is 1. The second kappa shape index (κ2) is 7.34. The van der Waals surface area contributed by atoms with Crippen LogP contribution in [0.15, 0.2) is 47.4 Å². The Hall–Kier alpha value is -1.89. The van der Waals surface area contributed by atoms with Gasteiger partial charge in [0.05, 0.1) is 15.5 Å². The van der Waals surface area contributed by atoms with Crippen LogP contribution in [-0.4, -0.2) is 20.4 Å². The summed E-state index contributed by atoms with van der Waals surface area (Å²) in [5.74, 6) is -0.467. The lowest BCUT2D eigenvalue weighted by atomic mass is 10.2. The highest BCUT2D eigenvalue weighted by atomic mass is 35.5. The molecule has 7 heteroatoms. The Balaban J connectivity index is 2.31. The number of benzene rings is 2. The quantitative estimate of drug-likeness (QED) is 0.849. The topological polar surface area (TPSA) is 75.3 Å². The minimum absolute atomic E-state index is 0.00495. The van der Waals surface area contributed by atoms with Crippen molar-refractivity contribution in [2.45, 2.75) is 31.7 Å². The largest absolute Gasteiger partial charge is 0.322 e. The summed E-state index contributed by atoms with van der Waals surface area (Å²) in [4.78, 5) is 12.4. The average molecular weight is 367 g/mol. The molecule has 2 aromatic rings. The molecule has 1 amide bonds. The van der Waals surface area contributed by atoms with Crippen molar-refractivity contribution < 1.29 is 13.2 Å². The predicted octanol–water partition coefficient (Wildman–Crippen LogP) is 3.59. The van der Waals surface area contributed by atoms with Crippen LogP contribution >= 0.6 is 11.6 Å². The van der Waals surface area contributed by atoms with E-state index in [0.717, 1.165) is 5.56 Å². The van der Waals surface area contributed by atoms with Crippen LogP contribution in [0.1, 0.15) is 29.8 Å². The minimum atomic E-state index is -3.70. The number of rotatable bonds is 5. The lowest BCUT2D eigenvalue weighted by Crippen LogP contribution is -2.30. The van der Waals surface area contributed by atoms with Gasteiger partial charge in [-0.1, -0.05) is 29.3 Å². The van der Waals surface area contributed by atoms with Gasteiger partial charge in [-0.25, -0.2) is 13.1 Å². The van der Waals surface area contributed by atoms with Crippen molar-refractivity contribution in [3.8, 4) is 0 Å². The number of amides is 1. The van der Waals surface area contributed by atoms with Crippen molar-refractivity contribution in [1.29, 1.82) is 0 Å². The SMILES string of the molecule is Cc1ccc(NC(=O)c2cc(S(=O)(=O)NC(C)C)ccc2Cl)cc1. The summed E-state index contributed by atoms with van der Waals surface area (Å²) < 4.78 is 27.0. The molecule has 0 unspecified atom stereocenters. The maximum atomic E-state index is 12.4. The normalized spacial score (nSPS) is 11.5. The summed E-state index contributed by atoms with van der Waals surface area (Å²) in [7, 11) is -3.70. The van der Waals surface area contributed by atoms with E-state index in [9.17, 15) is 13.2 Å². The Morgan fingerprint density at radius 3 is 2.29 bits per heavy atom. The Morgan fingerprint density at radius 1 is 1.08 bits per heavy atom. The number of carbonyl (C=O) groups is 1. The first kappa shape index (κ1) is 18.4. The molecular weight excluding hydrogens is 348 g/mol. The fourth-order valence-electron chi connectivity index (χ4n) is 2.06. The summed E-state index contributed by atoms with van der Waals surface area (Å²) >= 11 is 6.06. The van der Waals surface area contributed by atoms with E-state index in [4.69, 9.17) is 11.6 Å². The summed E-state index contributed by atoms with van der Waals surface area (Å²) in [6.07, 6.45) is 0. The van der Waals surface area contributed by atoms with Gasteiger partial charge in [0, 0.05) is 11.7 Å². The zero-order chi connectivity index (χ0) is 17.9. The number of halogens is 1. The molecule has 2 N–H and O–H groups in total. The third-order valence-electron chi connectivity index (χ3n) is 3.19. The molecule has 0 fully saturated rings. The van der Waals surface area contributed by atoms with Gasteiger partial charge in [-0.15, -0.1) is 0 Å². The highest BCUT2D eigenvalue weighted by Crippen LogP contribution is 2.22. The molecule has 0 atom stereocenters. The zero-order valence-corrected chi connectivity index (χ0v) is 15.2. The maximum absolute atomic E-state index is 12.4. The second-order valence-corrected chi connectivity index (χ2v) is 7.86. The number of hydrogen-bond donors (Lipinski definition) is 2. The molecule has 0 aliphatic rings. The van der Waals surface area contributed by atoms with Crippen LogP contribution in [0.3, 0.4) is 0 Å². The van der Waals surface area contributed by atoms with Gasteiger partial charge in [0.1, 0.15) is 0 Å². The molecule has 128 valence electrons. The van der Waals surface area contributed by atoms with Crippen LogP contribution in [0, 0.1) is 6.92 Å². The molecule has 2 rings (SSSR count). The van der Waals surface area contributed by atoms with E-state index in [2.05, 4.69) is 10.0 Å². The van der Waals surface area contributed by atoms with Crippen LogP contribution in [0.4, 0.5) is 5.69 Å². The van der Waals surface area contributed by atoms with Crippen molar-refractivity contribution in [2.24, 2.45) is 0 Å². The lowest BCUT2D eigenvalue weighted by Gasteiger charge is -2.12. The summed E-state index contributed by atoms with van der Waals surface area (Å²) in [6.45, 7) is 5.38. The fraction of sp³-hybridized carbons (Fsp3) is 0.235. The first-order valence-corrected chi connectivity index (χ1v) is 9.25. The van der Waals surface area contributed by atoms with E-state index in [1.807, 2.05) is 19.1 Å². The van der Waals surface area contributed by atoms with Crippen LogP contribution in [-0.2, 0) is 10.0 Å². The molecule has 0 aliphatic heterocycles. The Morgan fingerprint density at radius 2 is 1.71 bits per heavy atom. The third kappa shape index (κ3) is 4.56. The summed E-state index contributed by atoms with van der Waals surface area (Å²) in [5, 5.41) is 2.89. The van der Waals surface area contributed by atoms with Gasteiger partial charge in [0.25, 0.3) is 5.91 Å². The fourth-order valence-corrected chi connectivity index (χ4v) is 3.54. The molecule has 0 aliphatic carbocycles. The first-order valence-electron chi connectivity index (χ1n) is 7.39. The van der Waals surface area contributed by atoms with Crippen LogP contribution in [0.5, 0.6) is 0 Å². The van der Waals surface area contributed by atoms with E-state index in [1.165, 1.54) is 18.2 Å². The Bertz CT molecular complexity index is 847. The summed E-state index contributed by atoms with van der Waals surface area (Å²) in [6, 6.07) is 11.1. The smallest absolute Gasteiger partial charge is 0.257 e. The van der Waals surface area contributed by atoms with Gasteiger partial charge in [0.15, 0.2) is 0 Å². The number of sulfonamides is 1. The van der Waals surface area contributed by atoms with Gasteiger partial charge in [-0.3, -0.25) is 4.79 Å². The van der Waals surface area contributed by atoms with E-state index < -0.39 is 15.9 Å². The summed E-state index contributed by atoms with van der Waals surface area (Å²) in [5.41, 5.74) is 1.78. The molecule has 5 nitrogen and oxygen atoms in total. The maximum Gasteiger partial charge on any atom is 0.257 e. The van der Waals surface area contributed by atoms with Gasteiger partial charge < -0.3 is 5.32 Å². The molecule has 0 radical (unpaired) electrons. The molecular formula is C17H19ClN2O3S. The van der Waals surface area contributed by atoms with Crippen molar-refractivity contribution >= 4 is 33.2 Å². The molecule has 0 aromatic heterocycles. The number of hydrogen-bond acceptors (Lipinski definition) is 3. The number of nitrogens with one attached hydrogen (secondary N) is 2. The van der Waals surface area contributed by atoms with E-state index >= 15 is 0 Å². The van der Waals surface area contributed by atoms with Gasteiger partial charge in [-0.2, -0.15) is 0 Å². The van der Waals surface area contributed by atoms with Crippen molar-refractivity contribution in [3.63, 3.8) is 0 Å². The molecule has 0 heterocycles. The standard InChI is InChI=1S/C17H19ClN2O3S/c1-11(2)20-24(22,23)14-8-9-16(18)15(10-14)17(21)19-13-6-4-12(3)5-7-13/h4-11,20H,1-3H3,(H,19,21). The molecule has 0 saturated heterocycles. The van der Waals surface area contributed by atoms with E-state index in [0.29, 0.717) is 5.69 Å². The predicted molar refractivity (Wildman–Crippen MR) is 96.0 cm³/mol. The van der Waals surface area contributed by atoms with Crippen molar-refractivity contribution in [2.75, 3.05) is 5.32 Å². The zero-order valence-electron chi connectivity index (χ0n) is 13.6. The van der Waals surface area contributed by atoms with Gasteiger partial charge in [0.2, 0.25) is 10.0 Å². The number of carbonyl (C=O) groups excluding carboxylic acids is 1. The molecule has 2 aromatic carbocycles. The van der Waals surface area contributed by atoms with Gasteiger partial charge in [-0.05, 0) is 51.1 Å². The number of anilines is 1. The highest BCUT2D eigenvalue weighted by molar-refractivity contribution is 7.89. The van der Waals surface area contributed by atoms with Crippen molar-refractivity contribution in [3.05, 3.63) is 58.6 Å². The molecule has 0 bridgehead atoms. The van der Waals surface area contributed by atoms with E-state index in [1.54, 1.807) is 26.0 Å². The van der Waals surface area contributed by atoms with Crippen LogP contribution in [0.2, 0.25) is 5.02 Å². The van der Waals surface area contributed by atoms with E-state index in [-0.39, 0.29) is 21.5 Å². The molecule has 0 saturated carbocycles. The average Bonchev–Trinajstić information content (AvgIpc) is 2.48. The Labute approximate surface area is 147 Å². The van der Waals surface area contributed by atoms with Crippen LogP contribution in [0.25, 0.3) is 0 Å². The monoisotopic (exact) mass is 366 g/mol. The Kier molecular flexibility index (Phi) is 5.64. The second-order valence-electron chi connectivity index (χ2n) is 5.74.